The molecule has 0 aromatic heterocycles. The molecule has 0 heterocycles. The molecule has 0 saturated carbocycles. The van der Waals surface area contributed by atoms with Crippen molar-refractivity contribution in [2.45, 2.75) is 9.79 Å². The van der Waals surface area contributed by atoms with Gasteiger partial charge in [-0.25, -0.2) is 0 Å². The van der Waals surface area contributed by atoms with E-state index in [0.717, 1.165) is 24.3 Å². The molecule has 0 saturated heterocycles. The van der Waals surface area contributed by atoms with Crippen LogP contribution in [0.5, 0.6) is 0 Å². The summed E-state index contributed by atoms with van der Waals surface area (Å²) < 4.78 is 41.2. The van der Waals surface area contributed by atoms with Crippen molar-refractivity contribution < 1.29 is 46.8 Å². The number of hydrogen-bond acceptors (Lipinski definition) is 8. The van der Waals surface area contributed by atoms with E-state index in [2.05, 4.69) is 0 Å². The fourth-order valence-electron chi connectivity index (χ4n) is 1.36. The maximum atomic E-state index is 10.3. The quantitative estimate of drug-likeness (QED) is 0.301. The van der Waals surface area contributed by atoms with Gasteiger partial charge in [0.15, 0.2) is 0 Å². The van der Waals surface area contributed by atoms with Crippen LogP contribution >= 0.6 is 0 Å². The van der Waals surface area contributed by atoms with Crippen molar-refractivity contribution in [3.05, 3.63) is 68.8 Å². The van der Waals surface area contributed by atoms with E-state index >= 15 is 0 Å². The molecule has 13 heteroatoms. The van der Waals surface area contributed by atoms with Gasteiger partial charge < -0.3 is 9.11 Å². The van der Waals surface area contributed by atoms with E-state index < -0.39 is 32.0 Å². The summed E-state index contributed by atoms with van der Waals surface area (Å²) in [6, 6.07) is 9.30. The number of nitro benzene ring substituents is 2. The maximum Gasteiger partial charge on any atom is 2.00 e. The van der Waals surface area contributed by atoms with E-state index in [1.54, 1.807) is 0 Å². The summed E-state index contributed by atoms with van der Waals surface area (Å²) >= 11 is -4.65. The second-order valence-electron chi connectivity index (χ2n) is 3.97. The van der Waals surface area contributed by atoms with Gasteiger partial charge in [-0.05, 0) is 46.4 Å². The van der Waals surface area contributed by atoms with Gasteiger partial charge in [0.2, 0.25) is 0 Å². The number of benzene rings is 2. The number of nitro groups is 2. The van der Waals surface area contributed by atoms with Crippen molar-refractivity contribution in [1.82, 2.24) is 0 Å². The van der Waals surface area contributed by atoms with Gasteiger partial charge in [-0.15, -0.1) is 0 Å². The van der Waals surface area contributed by atoms with Crippen LogP contribution in [0.4, 0.5) is 11.4 Å². The van der Waals surface area contributed by atoms with Crippen LogP contribution in [-0.4, -0.2) is 27.4 Å². The van der Waals surface area contributed by atoms with Crippen LogP contribution < -0.4 is 0 Å². The summed E-state index contributed by atoms with van der Waals surface area (Å²) in [5.74, 6) is 0. The zero-order chi connectivity index (χ0) is 18.3. The number of non-ortho nitro benzene ring substituents is 2. The summed E-state index contributed by atoms with van der Waals surface area (Å²) in [6.07, 6.45) is 0. The molecule has 0 aliphatic heterocycles. The van der Waals surface area contributed by atoms with Crippen LogP contribution in [0.25, 0.3) is 0 Å². The summed E-state index contributed by atoms with van der Waals surface area (Å²) in [6.45, 7) is 0. The van der Waals surface area contributed by atoms with Crippen molar-refractivity contribution in [3.63, 3.8) is 0 Å². The molecule has 0 amide bonds. The van der Waals surface area contributed by atoms with E-state index in [4.69, 9.17) is 0 Å². The number of rotatable bonds is 4. The van der Waals surface area contributed by atoms with Crippen LogP contribution in [0.15, 0.2) is 58.3 Å². The molecule has 0 fully saturated rings. The molecular formula is C12H8N2O8S2Zn. The van der Waals surface area contributed by atoms with Crippen molar-refractivity contribution in [2.24, 2.45) is 0 Å². The van der Waals surface area contributed by atoms with E-state index in [9.17, 15) is 37.8 Å². The van der Waals surface area contributed by atoms with Gasteiger partial charge >= 0.3 is 19.5 Å². The molecule has 2 atom stereocenters. The first-order valence-corrected chi connectivity index (χ1v) is 8.04. The third-order valence-corrected chi connectivity index (χ3v) is 3.79. The van der Waals surface area contributed by atoms with Gasteiger partial charge in [-0.1, -0.05) is 0 Å². The molecule has 0 bridgehead atoms. The molecular weight excluding hydrogens is 430 g/mol. The first-order chi connectivity index (χ1) is 11.2. The Balaban J connectivity index is 0.000000443. The van der Waals surface area contributed by atoms with Crippen LogP contribution in [0, 0.1) is 20.2 Å². The molecule has 2 aromatic carbocycles. The van der Waals surface area contributed by atoms with Gasteiger partial charge in [0.1, 0.15) is 0 Å². The minimum atomic E-state index is -2.32. The standard InChI is InChI=1S/2C6H5NO4S.Zn/c2*8-7(9)5-1-3-6(4-2-5)12(10)11;/h2*1-4H,(H,10,11);/q;;+2/p-2. The molecule has 0 radical (unpaired) electrons. The van der Waals surface area contributed by atoms with E-state index in [-0.39, 0.29) is 40.6 Å². The molecule has 0 spiro atoms. The topological polar surface area (TPSA) is 167 Å². The Labute approximate surface area is 158 Å². The molecule has 2 rings (SSSR count). The molecule has 2 aromatic rings. The first kappa shape index (κ1) is 23.1. The van der Waals surface area contributed by atoms with Crippen LogP contribution in [0.3, 0.4) is 0 Å². The average molecular weight is 438 g/mol. The van der Waals surface area contributed by atoms with Gasteiger partial charge in [0, 0.05) is 34.1 Å². The average Bonchev–Trinajstić information content (AvgIpc) is 2.55. The molecule has 2 unspecified atom stereocenters. The largest absolute Gasteiger partial charge is 2.00 e. The second-order valence-corrected chi connectivity index (χ2v) is 5.85. The van der Waals surface area contributed by atoms with Crippen LogP contribution in [0.2, 0.25) is 0 Å². The first-order valence-electron chi connectivity index (χ1n) is 5.90. The third kappa shape index (κ3) is 7.67. The van der Waals surface area contributed by atoms with Gasteiger partial charge in [0.05, 0.1) is 9.85 Å². The van der Waals surface area contributed by atoms with Crippen LogP contribution in [-0.2, 0) is 41.6 Å². The predicted octanol–water partition coefficient (Wildman–Crippen LogP) is 1.66. The monoisotopic (exact) mass is 436 g/mol. The number of hydrogen-bond donors (Lipinski definition) is 0. The Hall–Kier alpha value is -1.92. The minimum absolute atomic E-state index is 0. The van der Waals surface area contributed by atoms with Gasteiger partial charge in [-0.3, -0.25) is 28.6 Å². The Morgan fingerprint density at radius 3 is 1.04 bits per heavy atom. The Morgan fingerprint density at radius 2 is 0.880 bits per heavy atom. The van der Waals surface area contributed by atoms with Crippen molar-refractivity contribution >= 4 is 33.5 Å². The zero-order valence-corrected chi connectivity index (χ0v) is 16.9. The second kappa shape index (κ2) is 10.8. The number of nitrogens with zero attached hydrogens (tertiary/aromatic N) is 2. The normalized spacial score (nSPS) is 11.9. The van der Waals surface area contributed by atoms with Crippen molar-refractivity contribution in [2.75, 3.05) is 0 Å². The maximum absolute atomic E-state index is 10.3. The summed E-state index contributed by atoms with van der Waals surface area (Å²) in [7, 11) is 0. The van der Waals surface area contributed by atoms with Crippen LogP contribution in [0.1, 0.15) is 0 Å². The molecule has 0 N–H and O–H groups in total. The van der Waals surface area contributed by atoms with E-state index in [0.29, 0.717) is 0 Å². The fraction of sp³-hybridized carbons (Fsp3) is 0. The molecule has 25 heavy (non-hydrogen) atoms. The van der Waals surface area contributed by atoms with E-state index in [1.807, 2.05) is 0 Å². The SMILES string of the molecule is O=[N+]([O-])c1ccc(S(=O)[O-])cc1.O=[N+]([O-])c1ccc(S(=O)[O-])cc1.[Zn+2]. The molecule has 128 valence electrons. The predicted molar refractivity (Wildman–Crippen MR) is 80.6 cm³/mol. The van der Waals surface area contributed by atoms with E-state index in [1.165, 1.54) is 24.3 Å². The fourth-order valence-corrected chi connectivity index (χ4v) is 2.07. The van der Waals surface area contributed by atoms with Gasteiger partial charge in [0.25, 0.3) is 11.4 Å². The van der Waals surface area contributed by atoms with Gasteiger partial charge in [-0.2, -0.15) is 0 Å². The molecule has 10 nitrogen and oxygen atoms in total. The van der Waals surface area contributed by atoms with Crippen molar-refractivity contribution in [3.8, 4) is 0 Å². The third-order valence-electron chi connectivity index (χ3n) is 2.48. The minimum Gasteiger partial charge on any atom is -0.768 e. The summed E-state index contributed by atoms with van der Waals surface area (Å²) in [4.78, 5) is 19.2. The van der Waals surface area contributed by atoms with Crippen molar-refractivity contribution in [1.29, 1.82) is 0 Å². The summed E-state index contributed by atoms with van der Waals surface area (Å²) in [5.41, 5.74) is -0.242. The smallest absolute Gasteiger partial charge is 0.768 e. The molecule has 0 aliphatic carbocycles. The Morgan fingerprint density at radius 1 is 0.640 bits per heavy atom. The zero-order valence-electron chi connectivity index (χ0n) is 12.3. The Bertz CT molecular complexity index is 649. The molecule has 0 aliphatic rings. The Kier molecular flexibility index (Phi) is 10.0. The summed E-state index contributed by atoms with van der Waals surface area (Å²) in [5, 5.41) is 20.3.